The van der Waals surface area contributed by atoms with Crippen LogP contribution in [0.5, 0.6) is 0 Å². The Morgan fingerprint density at radius 3 is 2.91 bits per heavy atom. The third-order valence-electron chi connectivity index (χ3n) is 5.02. The minimum absolute atomic E-state index is 0.141. The summed E-state index contributed by atoms with van der Waals surface area (Å²) < 4.78 is 5.83. The molecular weight excluding hydrogens is 310 g/mol. The van der Waals surface area contributed by atoms with Crippen molar-refractivity contribution in [3.8, 4) is 0 Å². The van der Waals surface area contributed by atoms with E-state index in [1.54, 1.807) is 0 Å². The first-order valence-electron chi connectivity index (χ1n) is 8.23. The molecule has 0 radical (unpaired) electrons. The molecule has 2 fully saturated rings. The van der Waals surface area contributed by atoms with Crippen molar-refractivity contribution in [2.24, 2.45) is 0 Å². The number of carbonyl (C=O) groups is 1. The molecule has 5 nitrogen and oxygen atoms in total. The summed E-state index contributed by atoms with van der Waals surface area (Å²) in [5.41, 5.74) is 1.98. The number of fused-ring (bicyclic) bond motifs is 2. The van der Waals surface area contributed by atoms with Gasteiger partial charge in [-0.1, -0.05) is 0 Å². The van der Waals surface area contributed by atoms with Crippen molar-refractivity contribution in [2.45, 2.75) is 52.2 Å². The van der Waals surface area contributed by atoms with Crippen LogP contribution in [-0.2, 0) is 4.74 Å². The molecule has 1 saturated heterocycles. The van der Waals surface area contributed by atoms with E-state index < -0.39 is 0 Å². The molecule has 2 aliphatic rings. The van der Waals surface area contributed by atoms with E-state index in [4.69, 9.17) is 4.74 Å². The molecule has 2 aromatic rings. The van der Waals surface area contributed by atoms with Crippen molar-refractivity contribution in [1.82, 2.24) is 14.9 Å². The number of ether oxygens (including phenoxy) is 1. The highest BCUT2D eigenvalue weighted by Crippen LogP contribution is 2.35. The van der Waals surface area contributed by atoms with Crippen molar-refractivity contribution < 1.29 is 9.53 Å². The Morgan fingerprint density at radius 1 is 1.26 bits per heavy atom. The zero-order chi connectivity index (χ0) is 16.1. The van der Waals surface area contributed by atoms with Crippen LogP contribution in [0, 0.1) is 20.8 Å². The molecule has 3 heterocycles. The van der Waals surface area contributed by atoms with Gasteiger partial charge in [0.15, 0.2) is 0 Å². The Labute approximate surface area is 139 Å². The maximum absolute atomic E-state index is 13.2. The quantitative estimate of drug-likeness (QED) is 0.806. The summed E-state index contributed by atoms with van der Waals surface area (Å²) >= 11 is 1.51. The summed E-state index contributed by atoms with van der Waals surface area (Å²) in [6.07, 6.45) is 3.50. The first kappa shape index (κ1) is 15.0. The standard InChI is InChI=1S/C17H21N3O2S/c1-9-14-10(2)18-11(3)19-16(14)23-15(9)17(21)20-7-8-22-13-6-4-5-12(13)20/h12-13H,4-8H2,1-3H3/t12-,13+/m1/s1. The number of aryl methyl sites for hydroxylation is 3. The Balaban J connectivity index is 1.75. The first-order chi connectivity index (χ1) is 11.1. The van der Waals surface area contributed by atoms with E-state index in [-0.39, 0.29) is 18.1 Å². The molecule has 0 aromatic carbocycles. The van der Waals surface area contributed by atoms with Gasteiger partial charge in [0.25, 0.3) is 5.91 Å². The summed E-state index contributed by atoms with van der Waals surface area (Å²) in [5.74, 6) is 0.903. The minimum atomic E-state index is 0.141. The van der Waals surface area contributed by atoms with Crippen LogP contribution in [-0.4, -0.2) is 46.1 Å². The molecule has 23 heavy (non-hydrogen) atoms. The second kappa shape index (κ2) is 5.53. The predicted octanol–water partition coefficient (Wildman–Crippen LogP) is 3.01. The van der Waals surface area contributed by atoms with Crippen molar-refractivity contribution >= 4 is 27.5 Å². The highest BCUT2D eigenvalue weighted by atomic mass is 32.1. The average Bonchev–Trinajstić information content (AvgIpc) is 3.10. The number of aromatic nitrogens is 2. The normalized spacial score (nSPS) is 24.2. The van der Waals surface area contributed by atoms with E-state index in [0.29, 0.717) is 13.2 Å². The second-order valence-electron chi connectivity index (χ2n) is 6.50. The second-order valence-corrected chi connectivity index (χ2v) is 7.50. The molecule has 2 atom stereocenters. The highest BCUT2D eigenvalue weighted by Gasteiger charge is 2.39. The Bertz CT molecular complexity index is 786. The molecule has 1 aliphatic carbocycles. The number of rotatable bonds is 1. The van der Waals surface area contributed by atoms with Crippen LogP contribution >= 0.6 is 11.3 Å². The average molecular weight is 331 g/mol. The van der Waals surface area contributed by atoms with Gasteiger partial charge in [-0.25, -0.2) is 9.97 Å². The SMILES string of the molecule is Cc1nc(C)c2c(C)c(C(=O)N3CCO[C@H]4CCC[C@H]43)sc2n1. The molecule has 1 aliphatic heterocycles. The molecule has 1 saturated carbocycles. The molecule has 0 unspecified atom stereocenters. The van der Waals surface area contributed by atoms with Gasteiger partial charge in [0, 0.05) is 17.6 Å². The number of nitrogens with zero attached hydrogens (tertiary/aromatic N) is 3. The molecule has 1 amide bonds. The van der Waals surface area contributed by atoms with Gasteiger partial charge < -0.3 is 9.64 Å². The summed E-state index contributed by atoms with van der Waals surface area (Å²) in [7, 11) is 0. The van der Waals surface area contributed by atoms with Crippen molar-refractivity contribution in [2.75, 3.05) is 13.2 Å². The Hall–Kier alpha value is -1.53. The number of hydrogen-bond donors (Lipinski definition) is 0. The monoisotopic (exact) mass is 331 g/mol. The molecule has 0 N–H and O–H groups in total. The first-order valence-corrected chi connectivity index (χ1v) is 9.05. The van der Waals surface area contributed by atoms with Crippen LogP contribution in [0.15, 0.2) is 0 Å². The Morgan fingerprint density at radius 2 is 2.09 bits per heavy atom. The molecule has 4 rings (SSSR count). The summed E-state index contributed by atoms with van der Waals surface area (Å²) in [4.78, 5) is 25.9. The van der Waals surface area contributed by atoms with Gasteiger partial charge >= 0.3 is 0 Å². The fourth-order valence-electron chi connectivity index (χ4n) is 3.99. The molecular formula is C17H21N3O2S. The van der Waals surface area contributed by atoms with Crippen LogP contribution in [0.25, 0.3) is 10.2 Å². The van der Waals surface area contributed by atoms with Crippen LogP contribution in [0.2, 0.25) is 0 Å². The number of amides is 1. The van der Waals surface area contributed by atoms with Crippen LogP contribution in [0.1, 0.15) is 46.0 Å². The zero-order valence-corrected chi connectivity index (χ0v) is 14.6. The number of thiophene rings is 1. The van der Waals surface area contributed by atoms with Crippen LogP contribution in [0.3, 0.4) is 0 Å². The molecule has 6 heteroatoms. The lowest BCUT2D eigenvalue weighted by Crippen LogP contribution is -2.51. The molecule has 0 spiro atoms. The smallest absolute Gasteiger partial charge is 0.264 e. The van der Waals surface area contributed by atoms with Crippen LogP contribution < -0.4 is 0 Å². The maximum Gasteiger partial charge on any atom is 0.264 e. The largest absolute Gasteiger partial charge is 0.374 e. The van der Waals surface area contributed by atoms with E-state index in [2.05, 4.69) is 9.97 Å². The minimum Gasteiger partial charge on any atom is -0.374 e. The van der Waals surface area contributed by atoms with E-state index in [0.717, 1.165) is 51.4 Å². The number of hydrogen-bond acceptors (Lipinski definition) is 5. The van der Waals surface area contributed by atoms with Crippen molar-refractivity contribution in [3.05, 3.63) is 22.0 Å². The lowest BCUT2D eigenvalue weighted by molar-refractivity contribution is -0.0444. The van der Waals surface area contributed by atoms with Gasteiger partial charge in [0.1, 0.15) is 10.7 Å². The van der Waals surface area contributed by atoms with Gasteiger partial charge in [0.2, 0.25) is 0 Å². The molecule has 0 bridgehead atoms. The van der Waals surface area contributed by atoms with Gasteiger partial charge in [-0.3, -0.25) is 4.79 Å². The molecule has 122 valence electrons. The van der Waals surface area contributed by atoms with E-state index >= 15 is 0 Å². The number of morpholine rings is 1. The lowest BCUT2D eigenvalue weighted by Gasteiger charge is -2.37. The third kappa shape index (κ3) is 2.35. The van der Waals surface area contributed by atoms with E-state index in [1.807, 2.05) is 25.7 Å². The third-order valence-corrected chi connectivity index (χ3v) is 6.19. The predicted molar refractivity (Wildman–Crippen MR) is 90.0 cm³/mol. The topological polar surface area (TPSA) is 55.3 Å². The fourth-order valence-corrected chi connectivity index (χ4v) is 5.22. The maximum atomic E-state index is 13.2. The van der Waals surface area contributed by atoms with Gasteiger partial charge in [0.05, 0.1) is 23.6 Å². The fraction of sp³-hybridized carbons (Fsp3) is 0.588. The zero-order valence-electron chi connectivity index (χ0n) is 13.8. The highest BCUT2D eigenvalue weighted by molar-refractivity contribution is 7.20. The van der Waals surface area contributed by atoms with Gasteiger partial charge in [-0.15, -0.1) is 11.3 Å². The summed E-state index contributed by atoms with van der Waals surface area (Å²) in [5, 5.41) is 1.04. The lowest BCUT2D eigenvalue weighted by atomic mass is 10.1. The van der Waals surface area contributed by atoms with E-state index in [1.165, 1.54) is 11.3 Å². The number of carbonyl (C=O) groups excluding carboxylic acids is 1. The molecule has 2 aromatic heterocycles. The van der Waals surface area contributed by atoms with Gasteiger partial charge in [-0.2, -0.15) is 0 Å². The van der Waals surface area contributed by atoms with E-state index in [9.17, 15) is 4.79 Å². The van der Waals surface area contributed by atoms with Crippen molar-refractivity contribution in [1.29, 1.82) is 0 Å². The summed E-state index contributed by atoms with van der Waals surface area (Å²) in [6.45, 7) is 7.25. The van der Waals surface area contributed by atoms with Crippen LogP contribution in [0.4, 0.5) is 0 Å². The van der Waals surface area contributed by atoms with Gasteiger partial charge in [-0.05, 0) is 45.6 Å². The Kier molecular flexibility index (Phi) is 3.61. The van der Waals surface area contributed by atoms with Crippen molar-refractivity contribution in [3.63, 3.8) is 0 Å². The summed E-state index contributed by atoms with van der Waals surface area (Å²) in [6, 6.07) is 0.245.